The van der Waals surface area contributed by atoms with Crippen molar-refractivity contribution in [1.82, 2.24) is 0 Å². The third kappa shape index (κ3) is 2.47. The molecule has 0 aliphatic rings. The van der Waals surface area contributed by atoms with E-state index in [-0.39, 0.29) is 6.61 Å². The number of carbonyl (C=O) groups is 1. The Kier molecular flexibility index (Phi) is 3.94. The zero-order chi connectivity index (χ0) is 10.4. The van der Waals surface area contributed by atoms with E-state index in [9.17, 15) is 4.79 Å². The molecule has 0 bridgehead atoms. The molecule has 0 saturated heterocycles. The van der Waals surface area contributed by atoms with Gasteiger partial charge >= 0.3 is 5.97 Å². The van der Waals surface area contributed by atoms with Crippen molar-refractivity contribution in [2.24, 2.45) is 0 Å². The van der Waals surface area contributed by atoms with Crippen LogP contribution in [0.5, 0.6) is 5.75 Å². The Morgan fingerprint density at radius 1 is 1.43 bits per heavy atom. The quantitative estimate of drug-likeness (QED) is 0.541. The van der Waals surface area contributed by atoms with Crippen molar-refractivity contribution in [3.8, 4) is 5.75 Å². The van der Waals surface area contributed by atoms with Gasteiger partial charge in [0.2, 0.25) is 0 Å². The maximum absolute atomic E-state index is 11.3. The molecule has 1 aromatic carbocycles. The number of carbonyl (C=O) groups excluding carboxylic acids is 1. The first-order valence-electron chi connectivity index (χ1n) is 4.05. The van der Waals surface area contributed by atoms with Gasteiger partial charge in [-0.2, -0.15) is 4.89 Å². The number of rotatable bonds is 4. The molecule has 1 aromatic rings. The molecule has 4 nitrogen and oxygen atoms in total. The lowest BCUT2D eigenvalue weighted by molar-refractivity contribution is -0.232. The predicted octanol–water partition coefficient (Wildman–Crippen LogP) is 1.62. The van der Waals surface area contributed by atoms with Crippen molar-refractivity contribution in [1.29, 1.82) is 0 Å². The van der Waals surface area contributed by atoms with E-state index in [4.69, 9.17) is 4.74 Å². The molecule has 1 radical (unpaired) electrons. The molecule has 0 heterocycles. The lowest BCUT2D eigenvalue weighted by Crippen LogP contribution is -2.07. The third-order valence-corrected chi connectivity index (χ3v) is 1.54. The van der Waals surface area contributed by atoms with Crippen LogP contribution >= 0.6 is 0 Å². The number of para-hydroxylation sites is 1. The Hall–Kier alpha value is -1.55. The maximum atomic E-state index is 11.3. The summed E-state index contributed by atoms with van der Waals surface area (Å²) >= 11 is 0. The normalized spacial score (nSPS) is 9.57. The molecule has 0 atom stereocenters. The second-order valence-electron chi connectivity index (χ2n) is 2.39. The molecule has 14 heavy (non-hydrogen) atoms. The summed E-state index contributed by atoms with van der Waals surface area (Å²) in [7, 11) is 1.48. The maximum Gasteiger partial charge on any atom is 0.376 e. The summed E-state index contributed by atoms with van der Waals surface area (Å²) in [5.74, 6) is -0.142. The first-order chi connectivity index (χ1) is 6.79. The molecule has 4 heteroatoms. The lowest BCUT2D eigenvalue weighted by atomic mass is 10.2. The van der Waals surface area contributed by atoms with Gasteiger partial charge in [0, 0.05) is 0 Å². The minimum absolute atomic E-state index is 0.0703. The zero-order valence-electron chi connectivity index (χ0n) is 7.86. The highest BCUT2D eigenvalue weighted by Crippen LogP contribution is 2.17. The van der Waals surface area contributed by atoms with E-state index in [1.54, 1.807) is 24.3 Å². The largest absolute Gasteiger partial charge is 0.496 e. The average Bonchev–Trinajstić information content (AvgIpc) is 2.25. The van der Waals surface area contributed by atoms with Crippen LogP contribution in [0.15, 0.2) is 24.3 Å². The van der Waals surface area contributed by atoms with Crippen molar-refractivity contribution >= 4 is 5.97 Å². The Morgan fingerprint density at radius 3 is 2.79 bits per heavy atom. The molecular formula is C10H11O4. The molecule has 0 spiro atoms. The molecule has 0 aliphatic heterocycles. The molecule has 75 valence electrons. The van der Waals surface area contributed by atoms with Gasteiger partial charge in [0.15, 0.2) is 0 Å². The topological polar surface area (TPSA) is 44.8 Å². The van der Waals surface area contributed by atoms with Crippen LogP contribution in [0.3, 0.4) is 0 Å². The summed E-state index contributed by atoms with van der Waals surface area (Å²) in [6.07, 6.45) is 0. The average molecular weight is 195 g/mol. The van der Waals surface area contributed by atoms with Gasteiger partial charge in [-0.15, -0.1) is 0 Å². The smallest absolute Gasteiger partial charge is 0.376 e. The highest BCUT2D eigenvalue weighted by molar-refractivity contribution is 5.92. The SMILES string of the molecule is [CH2]COOC(=O)c1ccccc1OC. The van der Waals surface area contributed by atoms with E-state index >= 15 is 0 Å². The molecule has 0 N–H and O–H groups in total. The Morgan fingerprint density at radius 2 is 2.14 bits per heavy atom. The fourth-order valence-electron chi connectivity index (χ4n) is 0.953. The molecular weight excluding hydrogens is 184 g/mol. The number of methoxy groups -OCH3 is 1. The summed E-state index contributed by atoms with van der Waals surface area (Å²) < 4.78 is 4.97. The van der Waals surface area contributed by atoms with E-state index in [1.807, 2.05) is 0 Å². The fraction of sp³-hybridized carbons (Fsp3) is 0.200. The van der Waals surface area contributed by atoms with Crippen molar-refractivity contribution in [3.63, 3.8) is 0 Å². The molecule has 0 aliphatic carbocycles. The summed E-state index contributed by atoms with van der Waals surface area (Å²) in [5.41, 5.74) is 0.323. The highest BCUT2D eigenvalue weighted by atomic mass is 17.2. The molecule has 0 fully saturated rings. The monoisotopic (exact) mass is 195 g/mol. The Bertz CT molecular complexity index is 309. The summed E-state index contributed by atoms with van der Waals surface area (Å²) in [5, 5.41) is 0. The van der Waals surface area contributed by atoms with Crippen molar-refractivity contribution < 1.29 is 19.3 Å². The summed E-state index contributed by atoms with van der Waals surface area (Å²) in [6, 6.07) is 6.73. The molecule has 0 amide bonds. The summed E-state index contributed by atoms with van der Waals surface area (Å²) in [6.45, 7) is 3.43. The van der Waals surface area contributed by atoms with Crippen LogP contribution in [-0.4, -0.2) is 19.7 Å². The van der Waals surface area contributed by atoms with Gasteiger partial charge in [-0.3, -0.25) is 4.89 Å². The zero-order valence-corrected chi connectivity index (χ0v) is 7.86. The van der Waals surface area contributed by atoms with Gasteiger partial charge < -0.3 is 4.74 Å². The van der Waals surface area contributed by atoms with Gasteiger partial charge in [0.1, 0.15) is 11.3 Å². The van der Waals surface area contributed by atoms with Crippen molar-refractivity contribution in [2.45, 2.75) is 0 Å². The second-order valence-corrected chi connectivity index (χ2v) is 2.39. The van der Waals surface area contributed by atoms with Crippen LogP contribution in [0, 0.1) is 6.92 Å². The second kappa shape index (κ2) is 5.24. The highest BCUT2D eigenvalue weighted by Gasteiger charge is 2.13. The number of hydrogen-bond donors (Lipinski definition) is 0. The standard InChI is InChI=1S/C10H11O4/c1-3-13-14-10(11)8-6-4-5-7-9(8)12-2/h4-7H,1,3H2,2H3. The number of benzene rings is 1. The van der Waals surface area contributed by atoms with Gasteiger partial charge in [0.05, 0.1) is 13.7 Å². The Labute approximate surface area is 82.3 Å². The lowest BCUT2D eigenvalue weighted by Gasteiger charge is -2.05. The first-order valence-corrected chi connectivity index (χ1v) is 4.05. The minimum Gasteiger partial charge on any atom is -0.496 e. The van der Waals surface area contributed by atoms with E-state index in [0.717, 1.165) is 0 Å². The fourth-order valence-corrected chi connectivity index (χ4v) is 0.953. The van der Waals surface area contributed by atoms with E-state index in [2.05, 4.69) is 16.7 Å². The molecule has 0 unspecified atom stereocenters. The van der Waals surface area contributed by atoms with Gasteiger partial charge in [-0.05, 0) is 19.1 Å². The predicted molar refractivity (Wildman–Crippen MR) is 49.7 cm³/mol. The first kappa shape index (κ1) is 10.5. The number of hydrogen-bond acceptors (Lipinski definition) is 4. The molecule has 1 rings (SSSR count). The van der Waals surface area contributed by atoms with Crippen LogP contribution in [0.1, 0.15) is 10.4 Å². The van der Waals surface area contributed by atoms with Crippen LogP contribution < -0.4 is 4.74 Å². The van der Waals surface area contributed by atoms with E-state index in [0.29, 0.717) is 11.3 Å². The molecule has 0 aromatic heterocycles. The van der Waals surface area contributed by atoms with Crippen LogP contribution in [0.25, 0.3) is 0 Å². The Balaban J connectivity index is 2.78. The van der Waals surface area contributed by atoms with Crippen molar-refractivity contribution in [2.75, 3.05) is 13.7 Å². The minimum atomic E-state index is -0.592. The van der Waals surface area contributed by atoms with Crippen LogP contribution in [-0.2, 0) is 9.78 Å². The van der Waals surface area contributed by atoms with Crippen LogP contribution in [0.4, 0.5) is 0 Å². The van der Waals surface area contributed by atoms with Crippen LogP contribution in [0.2, 0.25) is 0 Å². The molecule has 0 saturated carbocycles. The summed E-state index contributed by atoms with van der Waals surface area (Å²) in [4.78, 5) is 20.2. The number of ether oxygens (including phenoxy) is 1. The van der Waals surface area contributed by atoms with Gasteiger partial charge in [0.25, 0.3) is 0 Å². The van der Waals surface area contributed by atoms with E-state index < -0.39 is 5.97 Å². The van der Waals surface area contributed by atoms with Gasteiger partial charge in [-0.1, -0.05) is 12.1 Å². The van der Waals surface area contributed by atoms with Crippen molar-refractivity contribution in [3.05, 3.63) is 36.8 Å². The van der Waals surface area contributed by atoms with E-state index in [1.165, 1.54) is 7.11 Å². The third-order valence-electron chi connectivity index (χ3n) is 1.54. The van der Waals surface area contributed by atoms with Gasteiger partial charge in [-0.25, -0.2) is 4.79 Å².